The molecule has 0 saturated carbocycles. The Hall–Kier alpha value is -2.54. The Kier molecular flexibility index (Phi) is 5.70. The molecule has 1 amide bonds. The number of anilines is 2. The second-order valence-corrected chi connectivity index (χ2v) is 8.15. The Morgan fingerprint density at radius 3 is 1.74 bits per heavy atom. The van der Waals surface area contributed by atoms with E-state index in [0.29, 0.717) is 27.0 Å². The van der Waals surface area contributed by atoms with E-state index in [1.54, 1.807) is 48.5 Å². The van der Waals surface area contributed by atoms with Gasteiger partial charge in [-0.15, -0.1) is 0 Å². The zero-order valence-electron chi connectivity index (χ0n) is 13.8. The topological polar surface area (TPSA) is 75.3 Å². The molecule has 3 rings (SSSR count). The minimum atomic E-state index is -3.75. The Labute approximate surface area is 167 Å². The molecule has 0 radical (unpaired) electrons. The molecule has 5 nitrogen and oxygen atoms in total. The summed E-state index contributed by atoms with van der Waals surface area (Å²) >= 11 is 11.6. The third kappa shape index (κ3) is 5.01. The number of carbonyl (C=O) groups excluding carboxylic acids is 1. The Morgan fingerprint density at radius 1 is 0.704 bits per heavy atom. The summed E-state index contributed by atoms with van der Waals surface area (Å²) in [6.07, 6.45) is 0. The number of halogens is 2. The van der Waals surface area contributed by atoms with Gasteiger partial charge in [0.05, 0.1) is 4.90 Å². The lowest BCUT2D eigenvalue weighted by molar-refractivity contribution is 0.102. The third-order valence-corrected chi connectivity index (χ3v) is 5.53. The van der Waals surface area contributed by atoms with Crippen molar-refractivity contribution in [2.24, 2.45) is 0 Å². The first kappa shape index (κ1) is 19.2. The van der Waals surface area contributed by atoms with Crippen LogP contribution in [0.25, 0.3) is 0 Å². The predicted molar refractivity (Wildman–Crippen MR) is 108 cm³/mol. The molecule has 0 aliphatic rings. The van der Waals surface area contributed by atoms with Gasteiger partial charge >= 0.3 is 0 Å². The maximum atomic E-state index is 12.4. The van der Waals surface area contributed by atoms with E-state index in [1.807, 2.05) is 0 Å². The van der Waals surface area contributed by atoms with Crippen molar-refractivity contribution in [3.8, 4) is 0 Å². The average molecular weight is 421 g/mol. The molecule has 0 aromatic heterocycles. The highest BCUT2D eigenvalue weighted by molar-refractivity contribution is 7.92. The van der Waals surface area contributed by atoms with Crippen molar-refractivity contribution < 1.29 is 13.2 Å². The van der Waals surface area contributed by atoms with Crippen molar-refractivity contribution in [3.05, 3.63) is 88.4 Å². The van der Waals surface area contributed by atoms with Crippen LogP contribution < -0.4 is 10.0 Å². The van der Waals surface area contributed by atoms with Crippen molar-refractivity contribution in [1.82, 2.24) is 0 Å². The molecule has 27 heavy (non-hydrogen) atoms. The van der Waals surface area contributed by atoms with E-state index in [-0.39, 0.29) is 10.8 Å². The second kappa shape index (κ2) is 8.00. The monoisotopic (exact) mass is 420 g/mol. The van der Waals surface area contributed by atoms with Crippen molar-refractivity contribution in [3.63, 3.8) is 0 Å². The Bertz CT molecular complexity index is 1050. The number of nitrogens with one attached hydrogen (secondary N) is 2. The van der Waals surface area contributed by atoms with Gasteiger partial charge in [0.1, 0.15) is 0 Å². The lowest BCUT2D eigenvalue weighted by atomic mass is 10.2. The summed E-state index contributed by atoms with van der Waals surface area (Å²) in [6, 6.07) is 18.6. The van der Waals surface area contributed by atoms with Gasteiger partial charge < -0.3 is 5.32 Å². The van der Waals surface area contributed by atoms with Gasteiger partial charge in [-0.25, -0.2) is 8.42 Å². The predicted octanol–water partition coefficient (Wildman–Crippen LogP) is 5.05. The molecule has 0 spiro atoms. The van der Waals surface area contributed by atoms with E-state index in [2.05, 4.69) is 10.0 Å². The summed E-state index contributed by atoms with van der Waals surface area (Å²) in [5, 5.41) is 3.75. The van der Waals surface area contributed by atoms with E-state index in [1.165, 1.54) is 24.3 Å². The first-order valence-electron chi connectivity index (χ1n) is 7.79. The first-order valence-corrected chi connectivity index (χ1v) is 10.0. The standard InChI is InChI=1S/C19H14Cl2N2O3S/c20-14-3-1-13(2-4-14)19(24)22-16-9-11-18(12-10-16)27(25,26)23-17-7-5-15(21)6-8-17/h1-12,23H,(H,22,24). The van der Waals surface area contributed by atoms with Gasteiger partial charge in [-0.05, 0) is 72.8 Å². The van der Waals surface area contributed by atoms with Crippen LogP contribution in [0.1, 0.15) is 10.4 Å². The summed E-state index contributed by atoms with van der Waals surface area (Å²) in [4.78, 5) is 12.3. The summed E-state index contributed by atoms with van der Waals surface area (Å²) in [6.45, 7) is 0. The average Bonchev–Trinajstić information content (AvgIpc) is 2.64. The van der Waals surface area contributed by atoms with Crippen LogP contribution in [-0.4, -0.2) is 14.3 Å². The maximum Gasteiger partial charge on any atom is 0.261 e. The molecule has 0 aliphatic heterocycles. The Balaban J connectivity index is 1.71. The minimum Gasteiger partial charge on any atom is -0.322 e. The quantitative estimate of drug-likeness (QED) is 0.606. The van der Waals surface area contributed by atoms with Crippen LogP contribution in [0.15, 0.2) is 77.7 Å². The zero-order chi connectivity index (χ0) is 19.4. The molecular weight excluding hydrogens is 407 g/mol. The van der Waals surface area contributed by atoms with Gasteiger partial charge in [0.15, 0.2) is 0 Å². The minimum absolute atomic E-state index is 0.0712. The van der Waals surface area contributed by atoms with E-state index < -0.39 is 10.0 Å². The van der Waals surface area contributed by atoms with Crippen molar-refractivity contribution in [2.45, 2.75) is 4.90 Å². The van der Waals surface area contributed by atoms with E-state index in [4.69, 9.17) is 23.2 Å². The highest BCUT2D eigenvalue weighted by Gasteiger charge is 2.14. The number of hydrogen-bond acceptors (Lipinski definition) is 3. The van der Waals surface area contributed by atoms with Crippen LogP contribution >= 0.6 is 23.2 Å². The summed E-state index contributed by atoms with van der Waals surface area (Å²) in [7, 11) is -3.75. The van der Waals surface area contributed by atoms with Crippen LogP contribution in [0.3, 0.4) is 0 Å². The molecular formula is C19H14Cl2N2O3S. The van der Waals surface area contributed by atoms with Gasteiger partial charge in [-0.2, -0.15) is 0 Å². The van der Waals surface area contributed by atoms with E-state index in [9.17, 15) is 13.2 Å². The normalized spacial score (nSPS) is 11.0. The fraction of sp³-hybridized carbons (Fsp3) is 0. The van der Waals surface area contributed by atoms with Crippen molar-refractivity contribution in [2.75, 3.05) is 10.0 Å². The smallest absolute Gasteiger partial charge is 0.261 e. The fourth-order valence-corrected chi connectivity index (χ4v) is 3.56. The second-order valence-electron chi connectivity index (χ2n) is 5.60. The molecule has 3 aromatic rings. The number of amides is 1. The molecule has 0 aliphatic carbocycles. The largest absolute Gasteiger partial charge is 0.322 e. The highest BCUT2D eigenvalue weighted by Crippen LogP contribution is 2.20. The van der Waals surface area contributed by atoms with E-state index in [0.717, 1.165) is 0 Å². The molecule has 0 unspecified atom stereocenters. The maximum absolute atomic E-state index is 12.4. The zero-order valence-corrected chi connectivity index (χ0v) is 16.1. The van der Waals surface area contributed by atoms with Crippen LogP contribution in [0.4, 0.5) is 11.4 Å². The number of carbonyl (C=O) groups is 1. The fourth-order valence-electron chi connectivity index (χ4n) is 2.25. The van der Waals surface area contributed by atoms with Crippen LogP contribution in [-0.2, 0) is 10.0 Å². The molecule has 0 bridgehead atoms. The number of rotatable bonds is 5. The molecule has 0 fully saturated rings. The number of hydrogen-bond donors (Lipinski definition) is 2. The SMILES string of the molecule is O=C(Nc1ccc(S(=O)(=O)Nc2ccc(Cl)cc2)cc1)c1ccc(Cl)cc1. The Morgan fingerprint density at radius 2 is 1.19 bits per heavy atom. The third-order valence-electron chi connectivity index (χ3n) is 3.63. The molecule has 8 heteroatoms. The lowest BCUT2D eigenvalue weighted by Crippen LogP contribution is -2.14. The van der Waals surface area contributed by atoms with Crippen molar-refractivity contribution >= 4 is 50.5 Å². The van der Waals surface area contributed by atoms with Crippen LogP contribution in [0, 0.1) is 0 Å². The van der Waals surface area contributed by atoms with Crippen molar-refractivity contribution in [1.29, 1.82) is 0 Å². The van der Waals surface area contributed by atoms with E-state index >= 15 is 0 Å². The van der Waals surface area contributed by atoms with Gasteiger partial charge in [-0.3, -0.25) is 9.52 Å². The summed E-state index contributed by atoms with van der Waals surface area (Å²) in [5.74, 6) is -0.318. The lowest BCUT2D eigenvalue weighted by Gasteiger charge is -2.10. The highest BCUT2D eigenvalue weighted by atomic mass is 35.5. The molecule has 0 atom stereocenters. The van der Waals surface area contributed by atoms with Crippen LogP contribution in [0.5, 0.6) is 0 Å². The van der Waals surface area contributed by atoms with Crippen LogP contribution in [0.2, 0.25) is 10.0 Å². The van der Waals surface area contributed by atoms with Gasteiger partial charge in [0.2, 0.25) is 0 Å². The van der Waals surface area contributed by atoms with Gasteiger partial charge in [0.25, 0.3) is 15.9 Å². The molecule has 3 aromatic carbocycles. The molecule has 0 saturated heterocycles. The number of benzene rings is 3. The van der Waals surface area contributed by atoms with Gasteiger partial charge in [-0.1, -0.05) is 23.2 Å². The molecule has 0 heterocycles. The summed E-state index contributed by atoms with van der Waals surface area (Å²) < 4.78 is 27.3. The first-order chi connectivity index (χ1) is 12.8. The summed E-state index contributed by atoms with van der Waals surface area (Å²) in [5.41, 5.74) is 1.32. The number of sulfonamides is 1. The van der Waals surface area contributed by atoms with Gasteiger partial charge in [0, 0.05) is 27.0 Å². The molecule has 138 valence electrons. The molecule has 2 N–H and O–H groups in total.